The quantitative estimate of drug-likeness (QED) is 0.440. The van der Waals surface area contributed by atoms with Crippen LogP contribution >= 0.6 is 0 Å². The van der Waals surface area contributed by atoms with Crippen LogP contribution in [0, 0.1) is 5.92 Å². The molecule has 20 heavy (non-hydrogen) atoms. The minimum atomic E-state index is -1.65. The molecule has 1 atom stereocenters. The van der Waals surface area contributed by atoms with Gasteiger partial charge in [-0.15, -0.1) is 0 Å². The fourth-order valence-electron chi connectivity index (χ4n) is 1.72. The molecule has 3 nitrogen and oxygen atoms in total. The highest BCUT2D eigenvalue weighted by Crippen LogP contribution is 2.41. The third-order valence-electron chi connectivity index (χ3n) is 4.29. The first kappa shape index (κ1) is 18.2. The van der Waals surface area contributed by atoms with Gasteiger partial charge in [0.15, 0.2) is 8.32 Å². The highest BCUT2D eigenvalue weighted by Gasteiger charge is 2.42. The largest absolute Gasteiger partial charge is 0.591 e. The van der Waals surface area contributed by atoms with Crippen LogP contribution in [0.5, 0.6) is 0 Å². The van der Waals surface area contributed by atoms with E-state index in [2.05, 4.69) is 38.3 Å². The Labute approximate surface area is 129 Å². The molecular formula is C15H31NO2SSi. The second kappa shape index (κ2) is 6.11. The summed E-state index contributed by atoms with van der Waals surface area (Å²) in [6.07, 6.45) is 4.30. The molecule has 118 valence electrons. The maximum absolute atomic E-state index is 11.8. The summed E-state index contributed by atoms with van der Waals surface area (Å²) in [4.78, 5) is 0. The summed E-state index contributed by atoms with van der Waals surface area (Å²) in [5.41, 5.74) is 0. The molecule has 5 heteroatoms. The van der Waals surface area contributed by atoms with Gasteiger partial charge in [0.05, 0.1) is 6.21 Å². The molecule has 0 aliphatic heterocycles. The minimum absolute atomic E-state index is 0.264. The van der Waals surface area contributed by atoms with Gasteiger partial charge in [-0.05, 0) is 51.7 Å². The van der Waals surface area contributed by atoms with E-state index in [9.17, 15) is 4.55 Å². The molecule has 0 N–H and O–H groups in total. The summed E-state index contributed by atoms with van der Waals surface area (Å²) < 4.78 is 22.1. The molecule has 1 aliphatic carbocycles. The average Bonchev–Trinajstić information content (AvgIpc) is 2.17. The van der Waals surface area contributed by atoms with Crippen molar-refractivity contribution in [2.75, 3.05) is 0 Å². The Bertz CT molecular complexity index is 352. The zero-order chi connectivity index (χ0) is 15.8. The standard InChI is InChI=1S/C15H31NO2SSi/c1-14(2,3)19(17)16-11-12-9-13(10-12)18-20(7,8)15(4,5)6/h11-13H,9-10H2,1-8H3/b16-11+/t12?,13?,19-/m1/s1. The van der Waals surface area contributed by atoms with E-state index < -0.39 is 19.7 Å². The molecule has 1 saturated carbocycles. The molecule has 0 aromatic heterocycles. The van der Waals surface area contributed by atoms with E-state index in [-0.39, 0.29) is 9.79 Å². The molecule has 0 amide bonds. The summed E-state index contributed by atoms with van der Waals surface area (Å²) in [5, 5.41) is 0.264. The van der Waals surface area contributed by atoms with Crippen molar-refractivity contribution >= 4 is 25.9 Å². The molecular weight excluding hydrogens is 286 g/mol. The molecule has 1 fully saturated rings. The fourth-order valence-corrected chi connectivity index (χ4v) is 3.70. The first-order chi connectivity index (χ1) is 8.83. The Hall–Kier alpha value is 0.157. The lowest BCUT2D eigenvalue weighted by molar-refractivity contribution is 0.0816. The first-order valence-corrected chi connectivity index (χ1v) is 11.5. The van der Waals surface area contributed by atoms with Crippen molar-refractivity contribution in [3.63, 3.8) is 0 Å². The average molecular weight is 318 g/mol. The normalized spacial score (nSPS) is 26.6. The van der Waals surface area contributed by atoms with E-state index in [4.69, 9.17) is 4.43 Å². The van der Waals surface area contributed by atoms with Crippen LogP contribution in [0.3, 0.4) is 0 Å². The van der Waals surface area contributed by atoms with E-state index in [1.165, 1.54) is 0 Å². The van der Waals surface area contributed by atoms with Crippen LogP contribution in [0.25, 0.3) is 0 Å². The van der Waals surface area contributed by atoms with Gasteiger partial charge < -0.3 is 8.98 Å². The Kier molecular flexibility index (Phi) is 5.56. The van der Waals surface area contributed by atoms with Gasteiger partial charge in [0.2, 0.25) is 0 Å². The van der Waals surface area contributed by atoms with Gasteiger partial charge in [-0.2, -0.15) is 0 Å². The molecule has 0 aromatic carbocycles. The van der Waals surface area contributed by atoms with Gasteiger partial charge in [0, 0.05) is 12.0 Å². The predicted molar refractivity (Wildman–Crippen MR) is 91.2 cm³/mol. The second-order valence-electron chi connectivity index (χ2n) is 8.35. The smallest absolute Gasteiger partial charge is 0.192 e. The Morgan fingerprint density at radius 2 is 1.65 bits per heavy atom. The summed E-state index contributed by atoms with van der Waals surface area (Å²) in [7, 11) is -1.65. The summed E-state index contributed by atoms with van der Waals surface area (Å²) in [6.45, 7) is 17.2. The molecule has 1 aliphatic rings. The SMILES string of the molecule is CC(C)(C)[S@@+]([O-])/N=C/C1CC(O[Si](C)(C)C(C)(C)C)C1. The van der Waals surface area contributed by atoms with Gasteiger partial charge in [-0.25, -0.2) is 0 Å². The second-order valence-corrected chi connectivity index (χ2v) is 15.0. The molecule has 0 saturated heterocycles. The van der Waals surface area contributed by atoms with Crippen LogP contribution < -0.4 is 0 Å². The molecule has 0 aromatic rings. The van der Waals surface area contributed by atoms with E-state index >= 15 is 0 Å². The molecule has 0 unspecified atom stereocenters. The fraction of sp³-hybridized carbons (Fsp3) is 0.933. The van der Waals surface area contributed by atoms with Crippen LogP contribution in [-0.4, -0.2) is 29.9 Å². The topological polar surface area (TPSA) is 44.7 Å². The summed E-state index contributed by atoms with van der Waals surface area (Å²) in [5.74, 6) is 0.441. The lowest BCUT2D eigenvalue weighted by Crippen LogP contribution is -2.47. The van der Waals surface area contributed by atoms with Crippen molar-refractivity contribution in [2.24, 2.45) is 10.3 Å². The lowest BCUT2D eigenvalue weighted by Gasteiger charge is -2.44. The van der Waals surface area contributed by atoms with Gasteiger partial charge in [0.1, 0.15) is 16.1 Å². The van der Waals surface area contributed by atoms with Crippen LogP contribution in [0.2, 0.25) is 18.1 Å². The van der Waals surface area contributed by atoms with Crippen LogP contribution in [0.1, 0.15) is 54.4 Å². The van der Waals surface area contributed by atoms with Crippen molar-refractivity contribution in [3.05, 3.63) is 0 Å². The maximum atomic E-state index is 11.8. The Morgan fingerprint density at radius 1 is 1.15 bits per heavy atom. The van der Waals surface area contributed by atoms with Crippen molar-refractivity contribution < 1.29 is 8.98 Å². The maximum Gasteiger partial charge on any atom is 0.192 e. The highest BCUT2D eigenvalue weighted by molar-refractivity contribution is 7.91. The predicted octanol–water partition coefficient (Wildman–Crippen LogP) is 4.32. The molecule has 0 heterocycles. The van der Waals surface area contributed by atoms with Gasteiger partial charge >= 0.3 is 0 Å². The first-order valence-electron chi connectivity index (χ1n) is 7.47. The number of hydrogen-bond donors (Lipinski definition) is 0. The van der Waals surface area contributed by atoms with Crippen molar-refractivity contribution in [2.45, 2.75) is 83.4 Å². The third-order valence-corrected chi connectivity index (χ3v) is 10.2. The van der Waals surface area contributed by atoms with Crippen LogP contribution in [-0.2, 0) is 15.8 Å². The third kappa shape index (κ3) is 4.86. The van der Waals surface area contributed by atoms with E-state index in [1.807, 2.05) is 27.0 Å². The van der Waals surface area contributed by atoms with E-state index in [1.54, 1.807) is 0 Å². The summed E-state index contributed by atoms with van der Waals surface area (Å²) >= 11 is -1.13. The Balaban J connectivity index is 2.39. The molecule has 0 spiro atoms. The van der Waals surface area contributed by atoms with Crippen molar-refractivity contribution in [1.29, 1.82) is 0 Å². The highest BCUT2D eigenvalue weighted by atomic mass is 32.2. The molecule has 0 radical (unpaired) electrons. The van der Waals surface area contributed by atoms with Gasteiger partial charge in [0.25, 0.3) is 0 Å². The monoisotopic (exact) mass is 317 g/mol. The number of nitrogens with zero attached hydrogens (tertiary/aromatic N) is 1. The number of rotatable bonds is 4. The zero-order valence-electron chi connectivity index (χ0n) is 14.3. The minimum Gasteiger partial charge on any atom is -0.591 e. The molecule has 1 rings (SSSR count). The summed E-state index contributed by atoms with van der Waals surface area (Å²) in [6, 6.07) is 0. The lowest BCUT2D eigenvalue weighted by atomic mass is 9.84. The number of hydrogen-bond acceptors (Lipinski definition) is 3. The Morgan fingerprint density at radius 3 is 2.05 bits per heavy atom. The van der Waals surface area contributed by atoms with Crippen LogP contribution in [0.4, 0.5) is 0 Å². The van der Waals surface area contributed by atoms with Crippen LogP contribution in [0.15, 0.2) is 4.40 Å². The van der Waals surface area contributed by atoms with Crippen molar-refractivity contribution in [1.82, 2.24) is 0 Å². The van der Waals surface area contributed by atoms with Gasteiger partial charge in [-0.1, -0.05) is 25.2 Å². The zero-order valence-corrected chi connectivity index (χ0v) is 16.1. The van der Waals surface area contributed by atoms with Crippen molar-refractivity contribution in [3.8, 4) is 0 Å². The molecule has 0 bridgehead atoms. The van der Waals surface area contributed by atoms with Gasteiger partial charge in [-0.3, -0.25) is 0 Å². The van der Waals surface area contributed by atoms with E-state index in [0.717, 1.165) is 12.8 Å². The van der Waals surface area contributed by atoms with E-state index in [0.29, 0.717) is 12.0 Å².